The van der Waals surface area contributed by atoms with E-state index in [2.05, 4.69) is 28.7 Å². The summed E-state index contributed by atoms with van der Waals surface area (Å²) in [5.41, 5.74) is 1.29. The summed E-state index contributed by atoms with van der Waals surface area (Å²) in [4.78, 5) is 4.18. The molecule has 1 aromatic rings. The molecule has 1 N–H and O–H groups in total. The van der Waals surface area contributed by atoms with E-state index in [4.69, 9.17) is 0 Å². The summed E-state index contributed by atoms with van der Waals surface area (Å²) in [6, 6.07) is 0.509. The van der Waals surface area contributed by atoms with Crippen molar-refractivity contribution in [1.29, 1.82) is 0 Å². The van der Waals surface area contributed by atoms with Crippen LogP contribution in [-0.4, -0.2) is 16.1 Å². The van der Waals surface area contributed by atoms with Crippen molar-refractivity contribution in [3.8, 4) is 0 Å². The minimum Gasteiger partial charge on any atom is -0.331 e. The van der Waals surface area contributed by atoms with E-state index in [9.17, 15) is 0 Å². The molecule has 0 aromatic carbocycles. The highest BCUT2D eigenvalue weighted by Crippen LogP contribution is 2.27. The molecule has 1 fully saturated rings. The summed E-state index contributed by atoms with van der Waals surface area (Å²) in [7, 11) is 0. The number of nitrogens with zero attached hydrogens (tertiary/aromatic N) is 2. The van der Waals surface area contributed by atoms with Crippen LogP contribution in [0.2, 0.25) is 0 Å². The molecule has 3 nitrogen and oxygen atoms in total. The van der Waals surface area contributed by atoms with Gasteiger partial charge in [-0.2, -0.15) is 0 Å². The van der Waals surface area contributed by atoms with Gasteiger partial charge in [-0.1, -0.05) is 0 Å². The molecule has 3 heteroatoms. The van der Waals surface area contributed by atoms with E-state index >= 15 is 0 Å². The second-order valence-electron chi connectivity index (χ2n) is 4.46. The summed E-state index contributed by atoms with van der Waals surface area (Å²) in [6.45, 7) is 6.50. The van der Waals surface area contributed by atoms with E-state index < -0.39 is 0 Å². The molecule has 14 heavy (non-hydrogen) atoms. The Morgan fingerprint density at radius 3 is 3.00 bits per heavy atom. The lowest BCUT2D eigenvalue weighted by Gasteiger charge is -2.11. The molecule has 1 aromatic heterocycles. The van der Waals surface area contributed by atoms with Crippen molar-refractivity contribution in [3.63, 3.8) is 0 Å². The van der Waals surface area contributed by atoms with Crippen LogP contribution >= 0.6 is 0 Å². The van der Waals surface area contributed by atoms with Gasteiger partial charge in [-0.05, 0) is 39.2 Å². The van der Waals surface area contributed by atoms with Crippen LogP contribution in [0.1, 0.15) is 38.4 Å². The monoisotopic (exact) mass is 193 g/mol. The van der Waals surface area contributed by atoms with Crippen molar-refractivity contribution >= 4 is 0 Å². The van der Waals surface area contributed by atoms with Gasteiger partial charge >= 0.3 is 0 Å². The van der Waals surface area contributed by atoms with Crippen molar-refractivity contribution in [2.45, 2.75) is 39.3 Å². The molecular weight excluding hydrogens is 174 g/mol. The zero-order valence-electron chi connectivity index (χ0n) is 9.03. The van der Waals surface area contributed by atoms with Crippen LogP contribution in [0.4, 0.5) is 0 Å². The smallest absolute Gasteiger partial charge is 0.0951 e. The third-order valence-corrected chi connectivity index (χ3v) is 2.74. The Bertz CT molecular complexity index is 286. The van der Waals surface area contributed by atoms with E-state index in [1.54, 1.807) is 0 Å². The summed E-state index contributed by atoms with van der Waals surface area (Å²) < 4.78 is 2.22. The first-order chi connectivity index (χ1) is 6.77. The Morgan fingerprint density at radius 1 is 1.57 bits per heavy atom. The van der Waals surface area contributed by atoms with Gasteiger partial charge in [-0.25, -0.2) is 4.98 Å². The van der Waals surface area contributed by atoms with Crippen molar-refractivity contribution in [2.75, 3.05) is 6.54 Å². The number of hydrogen-bond donors (Lipinski definition) is 1. The van der Waals surface area contributed by atoms with E-state index in [1.165, 1.54) is 25.1 Å². The highest BCUT2D eigenvalue weighted by Gasteiger charge is 2.20. The maximum absolute atomic E-state index is 4.18. The standard InChI is InChI=1S/C11H19N3/c1-9(2)14-8-13-7-11(14)6-12-5-10-3-4-10/h7-10,12H,3-6H2,1-2H3. The average Bonchev–Trinajstić information content (AvgIpc) is 2.82. The number of rotatable bonds is 5. The lowest BCUT2D eigenvalue weighted by molar-refractivity contribution is 0.543. The van der Waals surface area contributed by atoms with Crippen LogP contribution in [0.15, 0.2) is 12.5 Å². The second kappa shape index (κ2) is 4.13. The van der Waals surface area contributed by atoms with Crippen LogP contribution in [-0.2, 0) is 6.54 Å². The fraction of sp³-hybridized carbons (Fsp3) is 0.727. The molecule has 0 radical (unpaired) electrons. The predicted molar refractivity (Wildman–Crippen MR) is 57.0 cm³/mol. The van der Waals surface area contributed by atoms with Crippen molar-refractivity contribution < 1.29 is 0 Å². The quantitative estimate of drug-likeness (QED) is 0.774. The minimum atomic E-state index is 0.509. The molecular formula is C11H19N3. The highest BCUT2D eigenvalue weighted by atomic mass is 15.1. The lowest BCUT2D eigenvalue weighted by atomic mass is 10.3. The molecule has 0 spiro atoms. The number of aromatic nitrogens is 2. The first-order valence-electron chi connectivity index (χ1n) is 5.49. The molecule has 1 aliphatic carbocycles. The number of imidazole rings is 1. The molecule has 0 aliphatic heterocycles. The third-order valence-electron chi connectivity index (χ3n) is 2.74. The van der Waals surface area contributed by atoms with E-state index in [0.29, 0.717) is 6.04 Å². The van der Waals surface area contributed by atoms with E-state index in [1.807, 2.05) is 12.5 Å². The molecule has 0 bridgehead atoms. The zero-order chi connectivity index (χ0) is 9.97. The van der Waals surface area contributed by atoms with Crippen LogP contribution < -0.4 is 5.32 Å². The highest BCUT2D eigenvalue weighted by molar-refractivity contribution is 4.99. The zero-order valence-corrected chi connectivity index (χ0v) is 9.03. The summed E-state index contributed by atoms with van der Waals surface area (Å²) >= 11 is 0. The fourth-order valence-electron chi connectivity index (χ4n) is 1.66. The first kappa shape index (κ1) is 9.71. The van der Waals surface area contributed by atoms with Crippen molar-refractivity contribution in [3.05, 3.63) is 18.2 Å². The van der Waals surface area contributed by atoms with Crippen LogP contribution in [0.5, 0.6) is 0 Å². The first-order valence-corrected chi connectivity index (χ1v) is 5.49. The van der Waals surface area contributed by atoms with Crippen molar-refractivity contribution in [2.24, 2.45) is 5.92 Å². The maximum Gasteiger partial charge on any atom is 0.0951 e. The van der Waals surface area contributed by atoms with Gasteiger partial charge in [0.15, 0.2) is 0 Å². The van der Waals surface area contributed by atoms with Gasteiger partial charge in [0.25, 0.3) is 0 Å². The molecule has 2 rings (SSSR count). The van der Waals surface area contributed by atoms with Crippen LogP contribution in [0.3, 0.4) is 0 Å². The average molecular weight is 193 g/mol. The molecule has 0 unspecified atom stereocenters. The number of nitrogens with one attached hydrogen (secondary N) is 1. The number of hydrogen-bond acceptors (Lipinski definition) is 2. The topological polar surface area (TPSA) is 29.9 Å². The molecule has 78 valence electrons. The second-order valence-corrected chi connectivity index (χ2v) is 4.46. The Kier molecular flexibility index (Phi) is 2.87. The van der Waals surface area contributed by atoms with Crippen molar-refractivity contribution in [1.82, 2.24) is 14.9 Å². The van der Waals surface area contributed by atoms with Crippen LogP contribution in [0.25, 0.3) is 0 Å². The molecule has 1 aliphatic rings. The van der Waals surface area contributed by atoms with Gasteiger partial charge in [0, 0.05) is 18.8 Å². The van der Waals surface area contributed by atoms with Gasteiger partial charge in [0.1, 0.15) is 0 Å². The van der Waals surface area contributed by atoms with Gasteiger partial charge in [0.2, 0.25) is 0 Å². The molecule has 1 saturated carbocycles. The molecule has 0 saturated heterocycles. The van der Waals surface area contributed by atoms with Gasteiger partial charge in [0.05, 0.1) is 12.0 Å². The minimum absolute atomic E-state index is 0.509. The van der Waals surface area contributed by atoms with Gasteiger partial charge < -0.3 is 9.88 Å². The van der Waals surface area contributed by atoms with E-state index in [-0.39, 0.29) is 0 Å². The lowest BCUT2D eigenvalue weighted by Crippen LogP contribution is -2.19. The summed E-state index contributed by atoms with van der Waals surface area (Å²) in [5, 5.41) is 3.48. The van der Waals surface area contributed by atoms with Gasteiger partial charge in [-0.15, -0.1) is 0 Å². The van der Waals surface area contributed by atoms with Crippen LogP contribution in [0, 0.1) is 5.92 Å². The normalized spacial score (nSPS) is 16.5. The Labute approximate surface area is 85.5 Å². The largest absolute Gasteiger partial charge is 0.331 e. The molecule has 1 heterocycles. The van der Waals surface area contributed by atoms with E-state index in [0.717, 1.165) is 12.5 Å². The Hall–Kier alpha value is -0.830. The molecule has 0 amide bonds. The Balaban J connectivity index is 1.84. The maximum atomic E-state index is 4.18. The SMILES string of the molecule is CC(C)n1cncc1CNCC1CC1. The molecule has 0 atom stereocenters. The summed E-state index contributed by atoms with van der Waals surface area (Å²) in [6.07, 6.45) is 6.70. The predicted octanol–water partition coefficient (Wildman–Crippen LogP) is 1.96. The summed E-state index contributed by atoms with van der Waals surface area (Å²) in [5.74, 6) is 0.949. The van der Waals surface area contributed by atoms with Gasteiger partial charge in [-0.3, -0.25) is 0 Å². The third kappa shape index (κ3) is 2.35. The Morgan fingerprint density at radius 2 is 2.36 bits per heavy atom. The fourth-order valence-corrected chi connectivity index (χ4v) is 1.66.